The van der Waals surface area contributed by atoms with Crippen molar-refractivity contribution in [3.8, 4) is 0 Å². The minimum atomic E-state index is -0.515. The number of hydrogen-bond donors (Lipinski definition) is 0. The van der Waals surface area contributed by atoms with Gasteiger partial charge in [0.1, 0.15) is 5.69 Å². The van der Waals surface area contributed by atoms with E-state index in [1.54, 1.807) is 10.9 Å². The molecule has 0 aliphatic carbocycles. The molecule has 1 fully saturated rings. The first-order valence-electron chi connectivity index (χ1n) is 7.52. The van der Waals surface area contributed by atoms with E-state index in [9.17, 15) is 4.79 Å². The lowest BCUT2D eigenvalue weighted by atomic mass is 9.88. The van der Waals surface area contributed by atoms with Gasteiger partial charge in [-0.3, -0.25) is 14.4 Å². The molecule has 0 saturated carbocycles. The topological polar surface area (TPSA) is 47.4 Å². The van der Waals surface area contributed by atoms with Crippen molar-refractivity contribution in [2.24, 2.45) is 0 Å². The van der Waals surface area contributed by atoms with Crippen LogP contribution in [0.2, 0.25) is 0 Å². The third-order valence-corrected chi connectivity index (χ3v) is 4.92. The van der Waals surface area contributed by atoms with Crippen LogP contribution in [-0.4, -0.2) is 52.3 Å². The van der Waals surface area contributed by atoms with Crippen molar-refractivity contribution in [2.45, 2.75) is 45.7 Å². The summed E-state index contributed by atoms with van der Waals surface area (Å²) in [7, 11) is 0. The van der Waals surface area contributed by atoms with E-state index in [-0.39, 0.29) is 11.8 Å². The van der Waals surface area contributed by atoms with Gasteiger partial charge in [0, 0.05) is 19.1 Å². The van der Waals surface area contributed by atoms with Gasteiger partial charge >= 0.3 is 0 Å². The quantitative estimate of drug-likeness (QED) is 0.760. The van der Waals surface area contributed by atoms with Crippen molar-refractivity contribution in [1.29, 1.82) is 0 Å². The molecule has 1 unspecified atom stereocenters. The van der Waals surface area contributed by atoms with E-state index >= 15 is 0 Å². The number of carbonyl (C=O) groups is 1. The van der Waals surface area contributed by atoms with Crippen molar-refractivity contribution in [3.05, 3.63) is 16.4 Å². The molecule has 1 aromatic rings. The molecule has 118 valence electrons. The number of morpholine rings is 1. The van der Waals surface area contributed by atoms with Gasteiger partial charge < -0.3 is 4.74 Å². The Bertz CT molecular complexity index is 509. The Labute approximate surface area is 134 Å². The van der Waals surface area contributed by atoms with Gasteiger partial charge in [-0.2, -0.15) is 5.10 Å². The van der Waals surface area contributed by atoms with Gasteiger partial charge in [-0.1, -0.05) is 6.92 Å². The predicted molar refractivity (Wildman–Crippen MR) is 85.7 cm³/mol. The highest BCUT2D eigenvalue weighted by Gasteiger charge is 2.41. The summed E-state index contributed by atoms with van der Waals surface area (Å²) in [5, 5.41) is 4.33. The summed E-state index contributed by atoms with van der Waals surface area (Å²) in [6.07, 6.45) is 2.48. The summed E-state index contributed by atoms with van der Waals surface area (Å²) >= 11 is 3.48. The summed E-state index contributed by atoms with van der Waals surface area (Å²) in [4.78, 5) is 15.5. The van der Waals surface area contributed by atoms with Crippen molar-refractivity contribution < 1.29 is 9.53 Å². The minimum Gasteiger partial charge on any atom is -0.379 e. The number of ketones is 1. The van der Waals surface area contributed by atoms with Gasteiger partial charge in [0.15, 0.2) is 0 Å². The fourth-order valence-corrected chi connectivity index (χ4v) is 3.24. The smallest absolute Gasteiger partial charge is 0.201 e. The van der Waals surface area contributed by atoms with Crippen LogP contribution >= 0.6 is 15.9 Å². The fourth-order valence-electron chi connectivity index (χ4n) is 2.78. The SMILES string of the molecule is CCC(C)(C(=O)c1c(Br)cnn1C(C)C)N1CCOCC1. The molecule has 0 N–H and O–H groups in total. The second kappa shape index (κ2) is 6.58. The molecular weight excluding hydrogens is 334 g/mol. The molecule has 0 spiro atoms. The van der Waals surface area contributed by atoms with Crippen molar-refractivity contribution in [3.63, 3.8) is 0 Å². The Balaban J connectivity index is 2.38. The molecule has 1 aromatic heterocycles. The van der Waals surface area contributed by atoms with Crippen molar-refractivity contribution in [2.75, 3.05) is 26.3 Å². The standard InChI is InChI=1S/C15H24BrN3O2/c1-5-15(4,18-6-8-21-9-7-18)14(20)13-12(16)10-17-19(13)11(2)3/h10-11H,5-9H2,1-4H3. The maximum absolute atomic E-state index is 13.2. The molecule has 1 atom stereocenters. The van der Waals surface area contributed by atoms with Gasteiger partial charge in [-0.25, -0.2) is 0 Å². The first-order chi connectivity index (χ1) is 9.91. The van der Waals surface area contributed by atoms with Crippen molar-refractivity contribution in [1.82, 2.24) is 14.7 Å². The second-order valence-corrected chi connectivity index (χ2v) is 6.79. The number of nitrogens with zero attached hydrogens (tertiary/aromatic N) is 3. The van der Waals surface area contributed by atoms with E-state index < -0.39 is 5.54 Å². The number of carbonyl (C=O) groups excluding carboxylic acids is 1. The Morgan fingerprint density at radius 1 is 1.48 bits per heavy atom. The van der Waals surface area contributed by atoms with Gasteiger partial charge in [0.2, 0.25) is 5.78 Å². The third-order valence-electron chi connectivity index (χ3n) is 4.34. The second-order valence-electron chi connectivity index (χ2n) is 5.94. The Kier molecular flexibility index (Phi) is 5.22. The number of halogens is 1. The zero-order valence-electron chi connectivity index (χ0n) is 13.2. The van der Waals surface area contributed by atoms with Crippen LogP contribution in [0.5, 0.6) is 0 Å². The highest BCUT2D eigenvalue weighted by molar-refractivity contribution is 9.10. The molecule has 21 heavy (non-hydrogen) atoms. The fraction of sp³-hybridized carbons (Fsp3) is 0.733. The van der Waals surface area contributed by atoms with E-state index in [1.807, 2.05) is 20.8 Å². The summed E-state index contributed by atoms with van der Waals surface area (Å²) in [5.41, 5.74) is 0.153. The Morgan fingerprint density at radius 2 is 2.10 bits per heavy atom. The molecule has 0 radical (unpaired) electrons. The zero-order valence-corrected chi connectivity index (χ0v) is 14.8. The minimum absolute atomic E-state index is 0.130. The average Bonchev–Trinajstić information content (AvgIpc) is 2.88. The van der Waals surface area contributed by atoms with E-state index in [4.69, 9.17) is 4.74 Å². The lowest BCUT2D eigenvalue weighted by Crippen LogP contribution is -2.56. The van der Waals surface area contributed by atoms with Crippen LogP contribution in [0.3, 0.4) is 0 Å². The van der Waals surface area contributed by atoms with Gasteiger partial charge in [-0.15, -0.1) is 0 Å². The highest BCUT2D eigenvalue weighted by Crippen LogP contribution is 2.30. The Morgan fingerprint density at radius 3 is 2.62 bits per heavy atom. The summed E-state index contributed by atoms with van der Waals surface area (Å²) < 4.78 is 7.99. The van der Waals surface area contributed by atoms with Crippen LogP contribution in [0, 0.1) is 0 Å². The molecule has 2 rings (SSSR count). The van der Waals surface area contributed by atoms with E-state index in [0.29, 0.717) is 18.9 Å². The number of rotatable bonds is 5. The molecule has 0 amide bonds. The summed E-state index contributed by atoms with van der Waals surface area (Å²) in [6.45, 7) is 11.1. The van der Waals surface area contributed by atoms with Crippen LogP contribution in [0.25, 0.3) is 0 Å². The van der Waals surface area contributed by atoms with Crippen LogP contribution in [0.1, 0.15) is 50.6 Å². The van der Waals surface area contributed by atoms with Gasteiger partial charge in [-0.05, 0) is 43.1 Å². The highest BCUT2D eigenvalue weighted by atomic mass is 79.9. The third kappa shape index (κ3) is 3.07. The molecule has 5 nitrogen and oxygen atoms in total. The largest absolute Gasteiger partial charge is 0.379 e. The molecule has 2 heterocycles. The van der Waals surface area contributed by atoms with E-state index in [1.165, 1.54) is 0 Å². The molecule has 1 aliphatic heterocycles. The first-order valence-corrected chi connectivity index (χ1v) is 8.31. The average molecular weight is 358 g/mol. The maximum atomic E-state index is 13.2. The molecule has 1 saturated heterocycles. The summed E-state index contributed by atoms with van der Waals surface area (Å²) in [5.74, 6) is 0.130. The summed E-state index contributed by atoms with van der Waals surface area (Å²) in [6, 6.07) is 0.154. The van der Waals surface area contributed by atoms with Crippen molar-refractivity contribution >= 4 is 21.7 Å². The number of Topliss-reactive ketones (excluding diaryl/α,β-unsaturated/α-hetero) is 1. The normalized spacial score (nSPS) is 19.7. The molecule has 6 heteroatoms. The van der Waals surface area contributed by atoms with Crippen LogP contribution in [0.4, 0.5) is 0 Å². The predicted octanol–water partition coefficient (Wildman–Crippen LogP) is 2.91. The molecule has 1 aliphatic rings. The number of ether oxygens (including phenoxy) is 1. The van der Waals surface area contributed by atoms with E-state index in [0.717, 1.165) is 24.0 Å². The van der Waals surface area contributed by atoms with Gasteiger partial charge in [0.05, 0.1) is 29.4 Å². The molecule has 0 aromatic carbocycles. The molecule has 0 bridgehead atoms. The molecular formula is C15H24BrN3O2. The first kappa shape index (κ1) is 16.6. The van der Waals surface area contributed by atoms with E-state index in [2.05, 4.69) is 32.9 Å². The lowest BCUT2D eigenvalue weighted by Gasteiger charge is -2.41. The monoisotopic (exact) mass is 357 g/mol. The number of aromatic nitrogens is 2. The lowest BCUT2D eigenvalue weighted by molar-refractivity contribution is -0.0110. The van der Waals surface area contributed by atoms with Crippen LogP contribution < -0.4 is 0 Å². The van der Waals surface area contributed by atoms with Crippen LogP contribution in [0.15, 0.2) is 10.7 Å². The van der Waals surface area contributed by atoms with Gasteiger partial charge in [0.25, 0.3) is 0 Å². The van der Waals surface area contributed by atoms with Crippen LogP contribution in [-0.2, 0) is 4.74 Å². The number of hydrogen-bond acceptors (Lipinski definition) is 4. The maximum Gasteiger partial charge on any atom is 0.201 e. The zero-order chi connectivity index (χ0) is 15.6. The Hall–Kier alpha value is -0.720.